The third kappa shape index (κ3) is 2.56. The van der Waals surface area contributed by atoms with Gasteiger partial charge in [-0.25, -0.2) is 0 Å². The van der Waals surface area contributed by atoms with E-state index >= 15 is 0 Å². The number of halogens is 1. The molecule has 3 aromatic carbocycles. The predicted molar refractivity (Wildman–Crippen MR) is 112 cm³/mol. The Kier molecular flexibility index (Phi) is 3.94. The van der Waals surface area contributed by atoms with Gasteiger partial charge in [-0.3, -0.25) is 4.79 Å². The molecule has 1 N–H and O–H groups in total. The summed E-state index contributed by atoms with van der Waals surface area (Å²) in [5.41, 5.74) is 6.24. The van der Waals surface area contributed by atoms with Crippen LogP contribution in [0.1, 0.15) is 41.0 Å². The third-order valence-electron chi connectivity index (χ3n) is 6.18. The lowest BCUT2D eigenvalue weighted by molar-refractivity contribution is -0.122. The Balaban J connectivity index is 1.60. The SMILES string of the molecule is C[C@H]1C2c3ccccc3C(c3ccccc32)[C@H]1C(=O)Nc1cccc(Br)c1. The largest absolute Gasteiger partial charge is 0.326 e. The average molecular weight is 418 g/mol. The first kappa shape index (κ1) is 16.8. The summed E-state index contributed by atoms with van der Waals surface area (Å²) in [4.78, 5) is 13.4. The van der Waals surface area contributed by atoms with Crippen molar-refractivity contribution in [3.63, 3.8) is 0 Å². The molecule has 0 unspecified atom stereocenters. The van der Waals surface area contributed by atoms with Crippen LogP contribution < -0.4 is 5.32 Å². The second kappa shape index (κ2) is 6.35. The highest BCUT2D eigenvalue weighted by Gasteiger charge is 2.50. The monoisotopic (exact) mass is 417 g/mol. The molecule has 3 aromatic rings. The number of amides is 1. The molecule has 134 valence electrons. The van der Waals surface area contributed by atoms with E-state index in [0.29, 0.717) is 0 Å². The van der Waals surface area contributed by atoms with Crippen LogP contribution in [0.5, 0.6) is 0 Å². The molecule has 3 aliphatic rings. The molecule has 0 aliphatic heterocycles. The minimum atomic E-state index is -0.0706. The van der Waals surface area contributed by atoms with Crippen molar-refractivity contribution >= 4 is 27.5 Å². The van der Waals surface area contributed by atoms with Crippen LogP contribution in [0, 0.1) is 11.8 Å². The second-order valence-electron chi connectivity index (χ2n) is 7.60. The molecular weight excluding hydrogens is 398 g/mol. The molecule has 6 rings (SSSR count). The molecular formula is C24H20BrNO. The lowest BCUT2D eigenvalue weighted by atomic mass is 9.54. The zero-order chi connectivity index (χ0) is 18.5. The maximum atomic E-state index is 13.4. The number of anilines is 1. The normalized spacial score (nSPS) is 24.8. The Morgan fingerprint density at radius 3 is 1.93 bits per heavy atom. The zero-order valence-corrected chi connectivity index (χ0v) is 16.6. The van der Waals surface area contributed by atoms with Crippen LogP contribution in [0.4, 0.5) is 5.69 Å². The Hall–Kier alpha value is -2.39. The molecule has 0 radical (unpaired) electrons. The molecule has 0 saturated carbocycles. The van der Waals surface area contributed by atoms with Crippen molar-refractivity contribution in [2.24, 2.45) is 11.8 Å². The smallest absolute Gasteiger partial charge is 0.228 e. The minimum Gasteiger partial charge on any atom is -0.326 e. The van der Waals surface area contributed by atoms with E-state index in [9.17, 15) is 4.79 Å². The fourth-order valence-corrected chi connectivity index (χ4v) is 5.54. The Morgan fingerprint density at radius 2 is 1.37 bits per heavy atom. The predicted octanol–water partition coefficient (Wildman–Crippen LogP) is 5.93. The summed E-state index contributed by atoms with van der Waals surface area (Å²) >= 11 is 3.48. The van der Waals surface area contributed by atoms with E-state index in [4.69, 9.17) is 0 Å². The summed E-state index contributed by atoms with van der Waals surface area (Å²) in [6.45, 7) is 2.23. The molecule has 0 saturated heterocycles. The minimum absolute atomic E-state index is 0.0706. The van der Waals surface area contributed by atoms with E-state index < -0.39 is 0 Å². The van der Waals surface area contributed by atoms with Gasteiger partial charge in [0, 0.05) is 22.0 Å². The van der Waals surface area contributed by atoms with Gasteiger partial charge in [0.05, 0.1) is 5.92 Å². The van der Waals surface area contributed by atoms with Gasteiger partial charge in [0.15, 0.2) is 0 Å². The van der Waals surface area contributed by atoms with Crippen molar-refractivity contribution in [1.29, 1.82) is 0 Å². The molecule has 0 aromatic heterocycles. The van der Waals surface area contributed by atoms with Crippen LogP contribution in [0.25, 0.3) is 0 Å². The maximum absolute atomic E-state index is 13.4. The molecule has 2 atom stereocenters. The molecule has 0 heterocycles. The maximum Gasteiger partial charge on any atom is 0.228 e. The van der Waals surface area contributed by atoms with Crippen LogP contribution >= 0.6 is 15.9 Å². The first-order valence-corrected chi connectivity index (χ1v) is 10.2. The van der Waals surface area contributed by atoms with Gasteiger partial charge < -0.3 is 5.32 Å². The van der Waals surface area contributed by atoms with Gasteiger partial charge in [-0.2, -0.15) is 0 Å². The van der Waals surface area contributed by atoms with Gasteiger partial charge in [-0.1, -0.05) is 77.5 Å². The first-order chi connectivity index (χ1) is 13.1. The molecule has 3 heteroatoms. The fraction of sp³-hybridized carbons (Fsp3) is 0.208. The zero-order valence-electron chi connectivity index (χ0n) is 15.0. The molecule has 1 amide bonds. The summed E-state index contributed by atoms with van der Waals surface area (Å²) in [6.07, 6.45) is 0. The number of nitrogens with one attached hydrogen (secondary N) is 1. The third-order valence-corrected chi connectivity index (χ3v) is 6.67. The number of hydrogen-bond acceptors (Lipinski definition) is 1. The van der Waals surface area contributed by atoms with Gasteiger partial charge in [-0.15, -0.1) is 0 Å². The lowest BCUT2D eigenvalue weighted by Gasteiger charge is -2.49. The highest BCUT2D eigenvalue weighted by Crippen LogP contribution is 2.58. The quantitative estimate of drug-likeness (QED) is 0.549. The summed E-state index contributed by atoms with van der Waals surface area (Å²) in [5, 5.41) is 3.16. The van der Waals surface area contributed by atoms with E-state index in [0.717, 1.165) is 10.2 Å². The molecule has 27 heavy (non-hydrogen) atoms. The Labute approximate surface area is 167 Å². The van der Waals surface area contributed by atoms with Gasteiger partial charge >= 0.3 is 0 Å². The number of carbonyl (C=O) groups excluding carboxylic acids is 1. The van der Waals surface area contributed by atoms with Crippen molar-refractivity contribution in [1.82, 2.24) is 0 Å². The molecule has 2 bridgehead atoms. The van der Waals surface area contributed by atoms with Crippen molar-refractivity contribution in [3.05, 3.63) is 99.5 Å². The fourth-order valence-electron chi connectivity index (χ4n) is 5.14. The summed E-state index contributed by atoms with van der Waals surface area (Å²) in [5.74, 6) is 0.690. The van der Waals surface area contributed by atoms with E-state index in [-0.39, 0.29) is 29.6 Å². The van der Waals surface area contributed by atoms with Crippen LogP contribution in [0.2, 0.25) is 0 Å². The summed E-state index contributed by atoms with van der Waals surface area (Å²) < 4.78 is 0.967. The lowest BCUT2D eigenvalue weighted by Crippen LogP contribution is -2.44. The first-order valence-electron chi connectivity index (χ1n) is 9.39. The Morgan fingerprint density at radius 1 is 0.815 bits per heavy atom. The topological polar surface area (TPSA) is 29.1 Å². The number of benzene rings is 3. The van der Waals surface area contributed by atoms with Crippen molar-refractivity contribution in [2.75, 3.05) is 5.32 Å². The van der Waals surface area contributed by atoms with Crippen molar-refractivity contribution < 1.29 is 4.79 Å². The molecule has 3 aliphatic carbocycles. The standard InChI is InChI=1S/C24H20BrNO/c1-14-21-17-9-2-4-11-19(17)23(20-12-5-3-10-18(20)21)22(14)24(27)26-16-8-6-7-15(25)13-16/h2-14,21-23H,1H3,(H,26,27)/t14-,21?,22-,23?/m0/s1. The van der Waals surface area contributed by atoms with Crippen LogP contribution in [0.15, 0.2) is 77.3 Å². The van der Waals surface area contributed by atoms with E-state index in [1.54, 1.807) is 0 Å². The number of hydrogen-bond donors (Lipinski definition) is 1. The highest BCUT2D eigenvalue weighted by atomic mass is 79.9. The van der Waals surface area contributed by atoms with Gasteiger partial charge in [-0.05, 0) is 46.4 Å². The Bertz CT molecular complexity index is 996. The van der Waals surface area contributed by atoms with E-state index in [2.05, 4.69) is 76.7 Å². The summed E-state index contributed by atoms with van der Waals surface area (Å²) in [6, 6.07) is 25.1. The van der Waals surface area contributed by atoms with E-state index in [1.165, 1.54) is 22.3 Å². The van der Waals surface area contributed by atoms with Crippen LogP contribution in [0.3, 0.4) is 0 Å². The van der Waals surface area contributed by atoms with Gasteiger partial charge in [0.1, 0.15) is 0 Å². The van der Waals surface area contributed by atoms with Crippen LogP contribution in [-0.4, -0.2) is 5.91 Å². The number of carbonyl (C=O) groups is 1. The summed E-state index contributed by atoms with van der Waals surface area (Å²) in [7, 11) is 0. The number of rotatable bonds is 2. The second-order valence-corrected chi connectivity index (χ2v) is 8.51. The highest BCUT2D eigenvalue weighted by molar-refractivity contribution is 9.10. The van der Waals surface area contributed by atoms with E-state index in [1.807, 2.05) is 24.3 Å². The molecule has 0 fully saturated rings. The van der Waals surface area contributed by atoms with Crippen molar-refractivity contribution in [3.8, 4) is 0 Å². The van der Waals surface area contributed by atoms with Crippen LogP contribution in [-0.2, 0) is 4.79 Å². The van der Waals surface area contributed by atoms with Gasteiger partial charge in [0.2, 0.25) is 5.91 Å². The van der Waals surface area contributed by atoms with Crippen molar-refractivity contribution in [2.45, 2.75) is 18.8 Å². The van der Waals surface area contributed by atoms with Gasteiger partial charge in [0.25, 0.3) is 0 Å². The number of fused-ring (bicyclic) bond motifs is 1. The molecule has 2 nitrogen and oxygen atoms in total. The molecule has 0 spiro atoms. The average Bonchev–Trinajstić information content (AvgIpc) is 2.68.